The number of allylic oxidation sites excluding steroid dienone is 2. The molecule has 0 amide bonds. The third-order valence-corrected chi connectivity index (χ3v) is 5.73. The van der Waals surface area contributed by atoms with Crippen LogP contribution in [0.1, 0.15) is 55.6 Å². The highest BCUT2D eigenvalue weighted by Crippen LogP contribution is 2.43. The zero-order valence-corrected chi connectivity index (χ0v) is 18.5. The molecule has 0 bridgehead atoms. The quantitative estimate of drug-likeness (QED) is 0.342. The molecule has 0 saturated carbocycles. The van der Waals surface area contributed by atoms with Crippen molar-refractivity contribution in [2.45, 2.75) is 44.5 Å². The van der Waals surface area contributed by atoms with Crippen LogP contribution in [0.5, 0.6) is 5.75 Å². The van der Waals surface area contributed by atoms with E-state index in [-0.39, 0.29) is 18.4 Å². The number of carboxylic acid groups (broad SMARTS) is 1. The molecule has 31 heavy (non-hydrogen) atoms. The van der Waals surface area contributed by atoms with Gasteiger partial charge >= 0.3 is 5.97 Å². The summed E-state index contributed by atoms with van der Waals surface area (Å²) in [5, 5.41) is 9.34. The van der Waals surface area contributed by atoms with Gasteiger partial charge in [-0.3, -0.25) is 4.79 Å². The normalized spacial score (nSPS) is 21.3. The maximum absolute atomic E-state index is 10.6. The lowest BCUT2D eigenvalue weighted by atomic mass is 9.91. The second kappa shape index (κ2) is 11.9. The van der Waals surface area contributed by atoms with Crippen LogP contribution in [-0.4, -0.2) is 24.8 Å². The van der Waals surface area contributed by atoms with Gasteiger partial charge in [0.1, 0.15) is 5.75 Å². The number of methoxy groups -OCH3 is 1. The van der Waals surface area contributed by atoms with Crippen LogP contribution in [0, 0.1) is 5.92 Å². The molecule has 166 valence electrons. The maximum Gasteiger partial charge on any atom is 0.303 e. The van der Waals surface area contributed by atoms with E-state index < -0.39 is 12.3 Å². The van der Waals surface area contributed by atoms with Crippen LogP contribution < -0.4 is 4.74 Å². The third kappa shape index (κ3) is 6.57. The minimum absolute atomic E-state index is 0.116. The topological polar surface area (TPSA) is 65.0 Å². The van der Waals surface area contributed by atoms with E-state index in [1.54, 1.807) is 7.11 Å². The molecule has 0 aromatic heterocycles. The van der Waals surface area contributed by atoms with E-state index in [0.29, 0.717) is 18.1 Å². The van der Waals surface area contributed by atoms with Crippen LogP contribution in [0.15, 0.2) is 60.7 Å². The average molecular weight is 445 g/mol. The molecule has 0 aliphatic carbocycles. The van der Waals surface area contributed by atoms with Crippen molar-refractivity contribution in [3.05, 3.63) is 76.8 Å². The Hall–Kier alpha value is -2.34. The Kier molecular flexibility index (Phi) is 8.95. The van der Waals surface area contributed by atoms with Gasteiger partial charge in [-0.25, -0.2) is 0 Å². The van der Waals surface area contributed by atoms with Gasteiger partial charge in [-0.15, -0.1) is 0 Å². The number of carbonyl (C=O) groups is 1. The minimum atomic E-state index is -0.742. The van der Waals surface area contributed by atoms with Gasteiger partial charge in [-0.1, -0.05) is 60.2 Å². The Labute approximate surface area is 188 Å². The highest BCUT2D eigenvalue weighted by atomic mass is 35.5. The van der Waals surface area contributed by atoms with E-state index in [4.69, 9.17) is 30.9 Å². The summed E-state index contributed by atoms with van der Waals surface area (Å²) >= 11 is 6.38. The lowest BCUT2D eigenvalue weighted by Gasteiger charge is -2.37. The zero-order chi connectivity index (χ0) is 22.1. The molecule has 1 heterocycles. The first-order valence-corrected chi connectivity index (χ1v) is 11.0. The summed E-state index contributed by atoms with van der Waals surface area (Å²) < 4.78 is 18.1. The number of ether oxygens (including phenoxy) is 3. The SMILES string of the molecule is COc1ccccc1[C@H]1O[C@@H](c2ccccc2Cl)OC[C@H]1C/C=C\CCCCC(=O)O. The molecule has 1 saturated heterocycles. The smallest absolute Gasteiger partial charge is 0.303 e. The van der Waals surface area contributed by atoms with Crippen molar-refractivity contribution >= 4 is 17.6 Å². The lowest BCUT2D eigenvalue weighted by Crippen LogP contribution is -2.30. The Bertz CT molecular complexity index is 882. The molecule has 2 aromatic rings. The van der Waals surface area contributed by atoms with E-state index in [1.807, 2.05) is 48.5 Å². The number of halogens is 1. The lowest BCUT2D eigenvalue weighted by molar-refractivity contribution is -0.244. The molecule has 1 aliphatic heterocycles. The predicted octanol–water partition coefficient (Wildman–Crippen LogP) is 6.34. The Balaban J connectivity index is 1.71. The second-order valence-corrected chi connectivity index (χ2v) is 8.00. The molecule has 0 spiro atoms. The van der Waals surface area contributed by atoms with Crippen LogP contribution in [0.3, 0.4) is 0 Å². The van der Waals surface area contributed by atoms with Crippen LogP contribution >= 0.6 is 11.6 Å². The fourth-order valence-corrected chi connectivity index (χ4v) is 3.98. The fraction of sp³-hybridized carbons (Fsp3) is 0.400. The largest absolute Gasteiger partial charge is 0.496 e. The summed E-state index contributed by atoms with van der Waals surface area (Å²) in [6.07, 6.45) is 6.93. The van der Waals surface area contributed by atoms with Gasteiger partial charge in [0.2, 0.25) is 0 Å². The Morgan fingerprint density at radius 1 is 1.13 bits per heavy atom. The van der Waals surface area contributed by atoms with Crippen molar-refractivity contribution in [1.29, 1.82) is 0 Å². The van der Waals surface area contributed by atoms with Gasteiger partial charge in [0, 0.05) is 28.5 Å². The molecule has 6 heteroatoms. The van der Waals surface area contributed by atoms with Crippen molar-refractivity contribution < 1.29 is 24.1 Å². The molecule has 0 unspecified atom stereocenters. The Morgan fingerprint density at radius 3 is 2.61 bits per heavy atom. The summed E-state index contributed by atoms with van der Waals surface area (Å²) in [5.41, 5.74) is 1.81. The molecule has 3 rings (SSSR count). The maximum atomic E-state index is 10.6. The number of hydrogen-bond donors (Lipinski definition) is 1. The highest BCUT2D eigenvalue weighted by molar-refractivity contribution is 6.31. The number of hydrogen-bond acceptors (Lipinski definition) is 4. The number of carboxylic acids is 1. The molecule has 2 aromatic carbocycles. The van der Waals surface area contributed by atoms with Crippen LogP contribution in [0.25, 0.3) is 0 Å². The fourth-order valence-electron chi connectivity index (χ4n) is 3.76. The van der Waals surface area contributed by atoms with Gasteiger partial charge in [0.05, 0.1) is 19.8 Å². The standard InChI is InChI=1S/C25H29ClO5/c1-29-22-15-10-8-13-20(22)24-18(11-5-3-2-4-6-16-23(27)28)17-30-25(31-24)19-12-7-9-14-21(19)26/h3,5,7-10,12-15,18,24-25H,2,4,6,11,16-17H2,1H3,(H,27,28)/b5-3-/t18-,24+,25+/m1/s1. The molecule has 0 radical (unpaired) electrons. The minimum Gasteiger partial charge on any atom is -0.496 e. The number of aliphatic carboxylic acids is 1. The molecule has 5 nitrogen and oxygen atoms in total. The van der Waals surface area contributed by atoms with E-state index in [2.05, 4.69) is 12.2 Å². The third-order valence-electron chi connectivity index (χ3n) is 5.38. The van der Waals surface area contributed by atoms with E-state index in [1.165, 1.54) is 0 Å². The van der Waals surface area contributed by atoms with Crippen molar-refractivity contribution in [3.8, 4) is 5.75 Å². The monoisotopic (exact) mass is 444 g/mol. The second-order valence-electron chi connectivity index (χ2n) is 7.59. The zero-order valence-electron chi connectivity index (χ0n) is 17.7. The average Bonchev–Trinajstić information content (AvgIpc) is 2.78. The number of unbranched alkanes of at least 4 members (excludes halogenated alkanes) is 2. The van der Waals surface area contributed by atoms with Crippen LogP contribution in [0.2, 0.25) is 5.02 Å². The molecule has 1 N–H and O–H groups in total. The van der Waals surface area contributed by atoms with Crippen LogP contribution in [0.4, 0.5) is 0 Å². The predicted molar refractivity (Wildman–Crippen MR) is 120 cm³/mol. The molecule has 3 atom stereocenters. The molecule has 1 fully saturated rings. The van der Waals surface area contributed by atoms with Gasteiger partial charge in [0.15, 0.2) is 6.29 Å². The number of rotatable bonds is 10. The van der Waals surface area contributed by atoms with Crippen molar-refractivity contribution in [2.24, 2.45) is 5.92 Å². The van der Waals surface area contributed by atoms with E-state index in [0.717, 1.165) is 36.1 Å². The summed E-state index contributed by atoms with van der Waals surface area (Å²) in [5.74, 6) is 0.161. The van der Waals surface area contributed by atoms with Crippen molar-refractivity contribution in [1.82, 2.24) is 0 Å². The van der Waals surface area contributed by atoms with Gasteiger partial charge in [0.25, 0.3) is 0 Å². The summed E-state index contributed by atoms with van der Waals surface area (Å²) in [4.78, 5) is 10.6. The molecular formula is C25H29ClO5. The first kappa shape index (κ1) is 23.3. The van der Waals surface area contributed by atoms with E-state index >= 15 is 0 Å². The molecule has 1 aliphatic rings. The first-order valence-electron chi connectivity index (χ1n) is 10.6. The number of para-hydroxylation sites is 1. The summed E-state index contributed by atoms with van der Waals surface area (Å²) in [6.45, 7) is 0.530. The van der Waals surface area contributed by atoms with Crippen LogP contribution in [-0.2, 0) is 14.3 Å². The highest BCUT2D eigenvalue weighted by Gasteiger charge is 2.35. The molecular weight excluding hydrogens is 416 g/mol. The van der Waals surface area contributed by atoms with Gasteiger partial charge in [-0.2, -0.15) is 0 Å². The first-order chi connectivity index (χ1) is 15.1. The van der Waals surface area contributed by atoms with Crippen molar-refractivity contribution in [2.75, 3.05) is 13.7 Å². The van der Waals surface area contributed by atoms with Crippen molar-refractivity contribution in [3.63, 3.8) is 0 Å². The number of benzene rings is 2. The van der Waals surface area contributed by atoms with Gasteiger partial charge in [-0.05, 0) is 37.8 Å². The van der Waals surface area contributed by atoms with E-state index in [9.17, 15) is 4.79 Å². The summed E-state index contributed by atoms with van der Waals surface area (Å²) in [6, 6.07) is 15.5. The van der Waals surface area contributed by atoms with Gasteiger partial charge < -0.3 is 19.3 Å². The summed E-state index contributed by atoms with van der Waals surface area (Å²) in [7, 11) is 1.66. The Morgan fingerprint density at radius 2 is 1.87 bits per heavy atom.